The molecule has 2 fully saturated rings. The van der Waals surface area contributed by atoms with Crippen LogP contribution in [0.5, 0.6) is 5.88 Å². The fourth-order valence-corrected chi connectivity index (χ4v) is 3.92. The Balaban J connectivity index is 1.48. The van der Waals surface area contributed by atoms with Gasteiger partial charge in [0.05, 0.1) is 5.69 Å². The molecule has 0 bridgehead atoms. The van der Waals surface area contributed by atoms with Crippen LogP contribution in [0.2, 0.25) is 0 Å². The van der Waals surface area contributed by atoms with Crippen LogP contribution in [0.3, 0.4) is 0 Å². The summed E-state index contributed by atoms with van der Waals surface area (Å²) in [7, 11) is 0. The molecule has 0 aliphatic heterocycles. The highest BCUT2D eigenvalue weighted by Crippen LogP contribution is 2.28. The van der Waals surface area contributed by atoms with Gasteiger partial charge in [-0.15, -0.1) is 0 Å². The van der Waals surface area contributed by atoms with Crippen LogP contribution >= 0.6 is 0 Å². The molecule has 0 saturated heterocycles. The summed E-state index contributed by atoms with van der Waals surface area (Å²) in [6, 6.07) is 6.05. The molecule has 5 rings (SSSR count). The zero-order valence-electron chi connectivity index (χ0n) is 16.6. The first-order valence-electron chi connectivity index (χ1n) is 10.5. The number of hydrogen-bond donors (Lipinski definition) is 1. The number of hydrogen-bond acceptors (Lipinski definition) is 5. The number of carbonyl (C=O) groups is 1. The Morgan fingerprint density at radius 1 is 1.10 bits per heavy atom. The second-order valence-electron chi connectivity index (χ2n) is 8.09. The molecule has 7 nitrogen and oxygen atoms in total. The molecule has 3 aromatic rings. The van der Waals surface area contributed by atoms with Crippen molar-refractivity contribution in [2.75, 3.05) is 0 Å². The van der Waals surface area contributed by atoms with E-state index in [0.29, 0.717) is 28.6 Å². The van der Waals surface area contributed by atoms with Crippen molar-refractivity contribution in [3.8, 4) is 11.6 Å². The summed E-state index contributed by atoms with van der Waals surface area (Å²) < 4.78 is 8.08. The number of ether oxygens (including phenoxy) is 1. The molecule has 2 heterocycles. The van der Waals surface area contributed by atoms with E-state index >= 15 is 0 Å². The van der Waals surface area contributed by atoms with E-state index in [4.69, 9.17) is 4.74 Å². The molecule has 150 valence electrons. The predicted molar refractivity (Wildman–Crippen MR) is 109 cm³/mol. The van der Waals surface area contributed by atoms with Gasteiger partial charge in [-0.2, -0.15) is 4.98 Å². The zero-order chi connectivity index (χ0) is 19.8. The van der Waals surface area contributed by atoms with Crippen molar-refractivity contribution < 1.29 is 9.53 Å². The van der Waals surface area contributed by atoms with E-state index in [1.807, 2.05) is 29.7 Å². The van der Waals surface area contributed by atoms with Gasteiger partial charge in [-0.25, -0.2) is 9.97 Å². The standard InChI is InChI=1S/C22H25N5O2/c1-14-7-8-15(21(28)26-16-9-10-16)11-18(14)27-13-25-19-20(27)23-12-24-22(19)29-17-5-3-2-4-6-17/h7-8,11-13,16-17H,2-6,9-10H2,1H3,(H,26,28). The van der Waals surface area contributed by atoms with E-state index in [2.05, 4.69) is 20.3 Å². The quantitative estimate of drug-likeness (QED) is 0.717. The van der Waals surface area contributed by atoms with Crippen LogP contribution in [0, 0.1) is 6.92 Å². The van der Waals surface area contributed by atoms with Crippen LogP contribution in [-0.4, -0.2) is 37.6 Å². The minimum absolute atomic E-state index is 0.0332. The molecular formula is C22H25N5O2. The Labute approximate surface area is 169 Å². The second kappa shape index (κ2) is 7.46. The summed E-state index contributed by atoms with van der Waals surface area (Å²) in [5.74, 6) is 0.509. The van der Waals surface area contributed by atoms with E-state index in [1.165, 1.54) is 25.6 Å². The number of aryl methyl sites for hydroxylation is 1. The fourth-order valence-electron chi connectivity index (χ4n) is 3.92. The van der Waals surface area contributed by atoms with Gasteiger partial charge in [-0.1, -0.05) is 12.5 Å². The first-order chi connectivity index (χ1) is 14.2. The van der Waals surface area contributed by atoms with E-state index in [-0.39, 0.29) is 12.0 Å². The minimum Gasteiger partial charge on any atom is -0.473 e. The first-order valence-corrected chi connectivity index (χ1v) is 10.5. The lowest BCUT2D eigenvalue weighted by molar-refractivity contribution is 0.0951. The Morgan fingerprint density at radius 2 is 1.93 bits per heavy atom. The van der Waals surface area contributed by atoms with Crippen LogP contribution < -0.4 is 10.1 Å². The molecule has 2 aliphatic carbocycles. The highest BCUT2D eigenvalue weighted by Gasteiger charge is 2.24. The third-order valence-electron chi connectivity index (χ3n) is 5.77. The molecule has 0 spiro atoms. The summed E-state index contributed by atoms with van der Waals surface area (Å²) in [5, 5.41) is 3.04. The number of amides is 1. The third-order valence-corrected chi connectivity index (χ3v) is 5.77. The Morgan fingerprint density at radius 3 is 2.72 bits per heavy atom. The minimum atomic E-state index is -0.0332. The number of imidazole rings is 1. The SMILES string of the molecule is Cc1ccc(C(=O)NC2CC2)cc1-n1cnc2c(OC3CCCCC3)ncnc21. The number of nitrogens with one attached hydrogen (secondary N) is 1. The number of aromatic nitrogens is 4. The second-order valence-corrected chi connectivity index (χ2v) is 8.09. The molecule has 1 amide bonds. The molecule has 29 heavy (non-hydrogen) atoms. The predicted octanol–water partition coefficient (Wildman–Crippen LogP) is 3.73. The summed E-state index contributed by atoms with van der Waals surface area (Å²) in [5.41, 5.74) is 3.92. The van der Waals surface area contributed by atoms with E-state index < -0.39 is 0 Å². The first kappa shape index (κ1) is 18.1. The lowest BCUT2D eigenvalue weighted by Crippen LogP contribution is -2.25. The van der Waals surface area contributed by atoms with Gasteiger partial charge in [0, 0.05) is 11.6 Å². The van der Waals surface area contributed by atoms with Gasteiger partial charge in [-0.05, 0) is 63.1 Å². The molecular weight excluding hydrogens is 366 g/mol. The number of fused-ring (bicyclic) bond motifs is 1. The average Bonchev–Trinajstić information content (AvgIpc) is 3.45. The Bertz CT molecular complexity index is 1050. The number of benzene rings is 1. The highest BCUT2D eigenvalue weighted by atomic mass is 16.5. The normalized spacial score (nSPS) is 17.4. The van der Waals surface area contributed by atoms with Crippen molar-refractivity contribution >= 4 is 17.1 Å². The van der Waals surface area contributed by atoms with Gasteiger partial charge in [-0.3, -0.25) is 9.36 Å². The molecule has 1 aromatic carbocycles. The van der Waals surface area contributed by atoms with Gasteiger partial charge in [0.2, 0.25) is 5.88 Å². The maximum absolute atomic E-state index is 12.5. The van der Waals surface area contributed by atoms with Crippen LogP contribution in [-0.2, 0) is 0 Å². The Kier molecular flexibility index (Phi) is 4.66. The van der Waals surface area contributed by atoms with E-state index in [1.54, 1.807) is 6.33 Å². The van der Waals surface area contributed by atoms with Crippen molar-refractivity contribution in [3.63, 3.8) is 0 Å². The molecule has 2 aliphatic rings. The average molecular weight is 391 g/mol. The van der Waals surface area contributed by atoms with Gasteiger partial charge >= 0.3 is 0 Å². The molecule has 0 atom stereocenters. The molecule has 2 saturated carbocycles. The lowest BCUT2D eigenvalue weighted by atomic mass is 9.98. The van der Waals surface area contributed by atoms with Gasteiger partial charge < -0.3 is 10.1 Å². The number of nitrogens with zero attached hydrogens (tertiary/aromatic N) is 4. The molecule has 0 unspecified atom stereocenters. The van der Waals surface area contributed by atoms with E-state index in [9.17, 15) is 4.79 Å². The van der Waals surface area contributed by atoms with Gasteiger partial charge in [0.1, 0.15) is 18.8 Å². The maximum Gasteiger partial charge on any atom is 0.251 e. The largest absolute Gasteiger partial charge is 0.473 e. The van der Waals surface area contributed by atoms with Crippen LogP contribution in [0.25, 0.3) is 16.9 Å². The molecule has 2 aromatic heterocycles. The number of carbonyl (C=O) groups excluding carboxylic acids is 1. The van der Waals surface area contributed by atoms with Crippen LogP contribution in [0.1, 0.15) is 60.9 Å². The van der Waals surface area contributed by atoms with Crippen molar-refractivity contribution in [2.45, 2.75) is 64.0 Å². The Hall–Kier alpha value is -2.96. The highest BCUT2D eigenvalue weighted by molar-refractivity contribution is 5.95. The summed E-state index contributed by atoms with van der Waals surface area (Å²) in [6.07, 6.45) is 11.4. The van der Waals surface area contributed by atoms with Crippen molar-refractivity contribution in [2.24, 2.45) is 0 Å². The summed E-state index contributed by atoms with van der Waals surface area (Å²) >= 11 is 0. The van der Waals surface area contributed by atoms with Crippen molar-refractivity contribution in [1.82, 2.24) is 24.8 Å². The molecule has 7 heteroatoms. The van der Waals surface area contributed by atoms with Gasteiger partial charge in [0.15, 0.2) is 11.2 Å². The number of rotatable bonds is 5. The molecule has 0 radical (unpaired) electrons. The van der Waals surface area contributed by atoms with Crippen molar-refractivity contribution in [1.29, 1.82) is 0 Å². The van der Waals surface area contributed by atoms with E-state index in [0.717, 1.165) is 36.9 Å². The molecule has 1 N–H and O–H groups in total. The van der Waals surface area contributed by atoms with Crippen LogP contribution in [0.15, 0.2) is 30.9 Å². The van der Waals surface area contributed by atoms with Gasteiger partial charge in [0.25, 0.3) is 5.91 Å². The zero-order valence-corrected chi connectivity index (χ0v) is 16.6. The lowest BCUT2D eigenvalue weighted by Gasteiger charge is -2.22. The summed E-state index contributed by atoms with van der Waals surface area (Å²) in [6.45, 7) is 2.02. The monoisotopic (exact) mass is 391 g/mol. The maximum atomic E-state index is 12.5. The third kappa shape index (κ3) is 3.69. The topological polar surface area (TPSA) is 81.9 Å². The smallest absolute Gasteiger partial charge is 0.251 e. The fraction of sp³-hybridized carbons (Fsp3) is 0.455. The summed E-state index contributed by atoms with van der Waals surface area (Å²) in [4.78, 5) is 25.8. The van der Waals surface area contributed by atoms with Crippen molar-refractivity contribution in [3.05, 3.63) is 42.0 Å². The van der Waals surface area contributed by atoms with Crippen LogP contribution in [0.4, 0.5) is 0 Å².